The summed E-state index contributed by atoms with van der Waals surface area (Å²) in [4.78, 5) is -0.0800. The second kappa shape index (κ2) is 4.10. The molecule has 0 aliphatic carbocycles. The van der Waals surface area contributed by atoms with Crippen LogP contribution in [0.25, 0.3) is 6.08 Å². The first-order valence-corrected chi connectivity index (χ1v) is 8.63. The lowest BCUT2D eigenvalue weighted by Gasteiger charge is -2.06. The van der Waals surface area contributed by atoms with Crippen LogP contribution in [-0.2, 0) is 19.7 Å². The van der Waals surface area contributed by atoms with Crippen molar-refractivity contribution in [3.8, 4) is 0 Å². The van der Waals surface area contributed by atoms with Gasteiger partial charge in [-0.05, 0) is 17.7 Å². The van der Waals surface area contributed by atoms with Gasteiger partial charge < -0.3 is 5.73 Å². The molecule has 0 atom stereocenters. The third-order valence-electron chi connectivity index (χ3n) is 2.81. The van der Waals surface area contributed by atoms with Gasteiger partial charge in [0, 0.05) is 5.75 Å². The first kappa shape index (κ1) is 13.1. The normalized spacial score (nSPS) is 17.3. The number of benzene rings is 1. The lowest BCUT2D eigenvalue weighted by Crippen LogP contribution is -2.15. The first-order valence-electron chi connectivity index (χ1n) is 5.32. The van der Waals surface area contributed by atoms with Gasteiger partial charge >= 0.3 is 0 Å². The lowest BCUT2D eigenvalue weighted by atomic mass is 10.2. The number of fused-ring (bicyclic) bond motifs is 1. The van der Waals surface area contributed by atoms with E-state index in [9.17, 15) is 16.8 Å². The zero-order valence-corrected chi connectivity index (χ0v) is 11.4. The smallest absolute Gasteiger partial charge is 0.206 e. The summed E-state index contributed by atoms with van der Waals surface area (Å²) in [6.07, 6.45) is 1.38. The Morgan fingerprint density at radius 1 is 1.28 bits per heavy atom. The van der Waals surface area contributed by atoms with Crippen LogP contribution >= 0.6 is 0 Å². The second-order valence-corrected chi connectivity index (χ2v) is 8.35. The Balaban J connectivity index is 2.55. The van der Waals surface area contributed by atoms with Crippen molar-refractivity contribution in [2.45, 2.75) is 11.8 Å². The third-order valence-corrected chi connectivity index (χ3v) is 6.58. The van der Waals surface area contributed by atoms with Gasteiger partial charge in [0.1, 0.15) is 4.90 Å². The zero-order valence-electron chi connectivity index (χ0n) is 9.75. The van der Waals surface area contributed by atoms with Gasteiger partial charge in [0.25, 0.3) is 0 Å². The van der Waals surface area contributed by atoms with Crippen molar-refractivity contribution in [1.82, 2.24) is 0 Å². The maximum atomic E-state index is 12.2. The van der Waals surface area contributed by atoms with Gasteiger partial charge in [-0.3, -0.25) is 0 Å². The molecule has 2 rings (SSSR count). The number of anilines is 1. The molecule has 0 saturated heterocycles. The predicted octanol–water partition coefficient (Wildman–Crippen LogP) is 0.832. The zero-order chi connectivity index (χ0) is 13.6. The summed E-state index contributed by atoms with van der Waals surface area (Å²) in [6, 6.07) is 4.73. The first-order chi connectivity index (χ1) is 8.28. The molecule has 0 spiro atoms. The number of sulfone groups is 2. The number of rotatable bonds is 3. The van der Waals surface area contributed by atoms with E-state index in [1.165, 1.54) is 19.1 Å². The molecule has 0 aromatic heterocycles. The van der Waals surface area contributed by atoms with E-state index in [4.69, 9.17) is 5.73 Å². The summed E-state index contributed by atoms with van der Waals surface area (Å²) < 4.78 is 47.5. The van der Waals surface area contributed by atoms with Crippen LogP contribution in [0.5, 0.6) is 0 Å². The molecule has 1 aromatic rings. The fourth-order valence-corrected chi connectivity index (χ4v) is 5.06. The van der Waals surface area contributed by atoms with Gasteiger partial charge in [-0.1, -0.05) is 19.1 Å². The van der Waals surface area contributed by atoms with Crippen molar-refractivity contribution < 1.29 is 16.8 Å². The van der Waals surface area contributed by atoms with Gasteiger partial charge in [-0.15, -0.1) is 0 Å². The quantitative estimate of drug-likeness (QED) is 0.831. The Hall–Kier alpha value is -1.34. The molecule has 7 heteroatoms. The van der Waals surface area contributed by atoms with Gasteiger partial charge in [0.05, 0.1) is 16.3 Å². The Bertz CT molecular complexity index is 730. The highest BCUT2D eigenvalue weighted by Gasteiger charge is 2.33. The standard InChI is InChI=1S/C11H13NO4S2/c1-2-17(13,14)7-9-6-8-4-3-5-10(12)11(8)18(9,15)16/h3-6H,2,7,12H2,1H3. The van der Waals surface area contributed by atoms with E-state index < -0.39 is 25.4 Å². The van der Waals surface area contributed by atoms with E-state index in [2.05, 4.69) is 0 Å². The van der Waals surface area contributed by atoms with Crippen LogP contribution < -0.4 is 5.73 Å². The summed E-state index contributed by atoms with van der Waals surface area (Å²) in [5.41, 5.74) is 6.24. The van der Waals surface area contributed by atoms with E-state index in [-0.39, 0.29) is 21.2 Å². The highest BCUT2D eigenvalue weighted by molar-refractivity contribution is 7.98. The minimum Gasteiger partial charge on any atom is -0.398 e. The van der Waals surface area contributed by atoms with Crippen LogP contribution in [0.1, 0.15) is 12.5 Å². The molecule has 0 saturated carbocycles. The fraction of sp³-hybridized carbons (Fsp3) is 0.273. The second-order valence-electron chi connectivity index (χ2n) is 4.06. The highest BCUT2D eigenvalue weighted by Crippen LogP contribution is 2.37. The van der Waals surface area contributed by atoms with Crippen molar-refractivity contribution in [2.75, 3.05) is 17.2 Å². The molecule has 1 aliphatic rings. The van der Waals surface area contributed by atoms with Crippen molar-refractivity contribution in [3.05, 3.63) is 28.7 Å². The van der Waals surface area contributed by atoms with Crippen LogP contribution in [0, 0.1) is 0 Å². The maximum absolute atomic E-state index is 12.2. The fourth-order valence-electron chi connectivity index (χ4n) is 1.82. The summed E-state index contributed by atoms with van der Waals surface area (Å²) in [5, 5.41) is 0. The van der Waals surface area contributed by atoms with Gasteiger partial charge in [-0.2, -0.15) is 0 Å². The summed E-state index contributed by atoms with van der Waals surface area (Å²) >= 11 is 0. The minimum absolute atomic E-state index is 0.0197. The topological polar surface area (TPSA) is 94.3 Å². The average molecular weight is 287 g/mol. The molecule has 98 valence electrons. The van der Waals surface area contributed by atoms with Gasteiger partial charge in [-0.25, -0.2) is 16.8 Å². The lowest BCUT2D eigenvalue weighted by molar-refractivity contribution is 0.594. The molecule has 1 aromatic carbocycles. The molecule has 1 heterocycles. The Morgan fingerprint density at radius 2 is 1.94 bits per heavy atom. The minimum atomic E-state index is -3.76. The molecule has 0 amide bonds. The Labute approximate surface area is 106 Å². The third kappa shape index (κ3) is 2.04. The van der Waals surface area contributed by atoms with Gasteiger partial charge in [0.15, 0.2) is 9.84 Å². The van der Waals surface area contributed by atoms with E-state index in [0.717, 1.165) is 0 Å². The van der Waals surface area contributed by atoms with Gasteiger partial charge in [0.2, 0.25) is 9.84 Å². The Kier molecular flexibility index (Phi) is 2.98. The van der Waals surface area contributed by atoms with E-state index in [1.54, 1.807) is 12.1 Å². The molecular formula is C11H13NO4S2. The maximum Gasteiger partial charge on any atom is 0.206 e. The number of nitrogens with two attached hydrogens (primary N) is 1. The summed E-state index contributed by atoms with van der Waals surface area (Å²) in [6.45, 7) is 1.49. The van der Waals surface area contributed by atoms with Crippen LogP contribution in [0.2, 0.25) is 0 Å². The van der Waals surface area contributed by atoms with Crippen LogP contribution in [0.15, 0.2) is 28.0 Å². The molecular weight excluding hydrogens is 274 g/mol. The molecule has 0 unspecified atom stereocenters. The number of hydrogen-bond donors (Lipinski definition) is 1. The van der Waals surface area contributed by atoms with Crippen molar-refractivity contribution >= 4 is 31.4 Å². The van der Waals surface area contributed by atoms with Crippen LogP contribution in [-0.4, -0.2) is 28.3 Å². The Morgan fingerprint density at radius 3 is 2.50 bits per heavy atom. The highest BCUT2D eigenvalue weighted by atomic mass is 32.2. The molecule has 0 bridgehead atoms. The van der Waals surface area contributed by atoms with E-state index in [0.29, 0.717) is 5.56 Å². The molecule has 1 aliphatic heterocycles. The molecule has 0 fully saturated rings. The summed E-state index contributed by atoms with van der Waals surface area (Å²) in [5.74, 6) is -0.564. The molecule has 18 heavy (non-hydrogen) atoms. The SMILES string of the molecule is CCS(=O)(=O)CC1=Cc2cccc(N)c2S1(=O)=O. The monoisotopic (exact) mass is 287 g/mol. The molecule has 0 radical (unpaired) electrons. The largest absolute Gasteiger partial charge is 0.398 e. The molecule has 2 N–H and O–H groups in total. The van der Waals surface area contributed by atoms with Crippen LogP contribution in [0.3, 0.4) is 0 Å². The van der Waals surface area contributed by atoms with E-state index >= 15 is 0 Å². The van der Waals surface area contributed by atoms with Crippen LogP contribution in [0.4, 0.5) is 5.69 Å². The molecule has 5 nitrogen and oxygen atoms in total. The van der Waals surface area contributed by atoms with E-state index in [1.807, 2.05) is 0 Å². The van der Waals surface area contributed by atoms with Crippen molar-refractivity contribution in [1.29, 1.82) is 0 Å². The average Bonchev–Trinajstić information content (AvgIpc) is 2.51. The van der Waals surface area contributed by atoms with Crippen molar-refractivity contribution in [3.63, 3.8) is 0 Å². The van der Waals surface area contributed by atoms with Crippen molar-refractivity contribution in [2.24, 2.45) is 0 Å². The summed E-state index contributed by atoms with van der Waals surface area (Å²) in [7, 11) is -7.16. The number of nitrogen functional groups attached to an aromatic ring is 1. The number of hydrogen-bond acceptors (Lipinski definition) is 5. The predicted molar refractivity (Wildman–Crippen MR) is 70.3 cm³/mol.